The van der Waals surface area contributed by atoms with E-state index in [4.69, 9.17) is 21.3 Å². The maximum Gasteiger partial charge on any atom is 0.357 e. The normalized spacial score (nSPS) is 23.9. The van der Waals surface area contributed by atoms with Gasteiger partial charge < -0.3 is 19.7 Å². The van der Waals surface area contributed by atoms with Crippen molar-refractivity contribution in [3.8, 4) is 0 Å². The number of amides is 1. The predicted molar refractivity (Wildman–Crippen MR) is 183 cm³/mol. The fourth-order valence-electron chi connectivity index (χ4n) is 7.91. The van der Waals surface area contributed by atoms with Crippen LogP contribution in [0.5, 0.6) is 0 Å². The molecule has 6 nitrogen and oxygen atoms in total. The van der Waals surface area contributed by atoms with E-state index < -0.39 is 18.8 Å². The summed E-state index contributed by atoms with van der Waals surface area (Å²) in [4.78, 5) is 14.2. The van der Waals surface area contributed by atoms with Crippen LogP contribution in [-0.2, 0) is 30.2 Å². The molecule has 0 aromatic heterocycles. The van der Waals surface area contributed by atoms with Crippen LogP contribution in [0.4, 0.5) is 0 Å². The molecular weight excluding hydrogens is 587 g/mol. The van der Waals surface area contributed by atoms with Gasteiger partial charge in [-0.3, -0.25) is 9.36 Å². The summed E-state index contributed by atoms with van der Waals surface area (Å²) in [7, 11) is -3.73. The number of rotatable bonds is 9. The third-order valence-corrected chi connectivity index (χ3v) is 12.6. The lowest BCUT2D eigenvalue weighted by Crippen LogP contribution is -2.57. The summed E-state index contributed by atoms with van der Waals surface area (Å²) in [5.74, 6) is -0.328. The molecule has 2 aliphatic rings. The Bertz CT molecular complexity index is 1580. The largest absolute Gasteiger partial charge is 0.357 e. The Morgan fingerprint density at radius 2 is 1.73 bits per heavy atom. The molecule has 0 saturated heterocycles. The lowest BCUT2D eigenvalue weighted by Gasteiger charge is -2.54. The van der Waals surface area contributed by atoms with Gasteiger partial charge in [-0.05, 0) is 102 Å². The molecule has 3 aromatic carbocycles. The number of carbonyl (C=O) groups excluding carboxylic acids is 1. The Labute approximate surface area is 268 Å². The molecule has 1 fully saturated rings. The number of carbonyl (C=O) groups is 1. The summed E-state index contributed by atoms with van der Waals surface area (Å²) in [5.41, 5.74) is 4.24. The van der Waals surface area contributed by atoms with Crippen molar-refractivity contribution in [2.75, 3.05) is 13.2 Å². The van der Waals surface area contributed by atoms with E-state index in [2.05, 4.69) is 56.5 Å². The molecule has 1 saturated carbocycles. The third-order valence-electron chi connectivity index (χ3n) is 10.1. The fraction of sp³-hybridized carbons (Fsp3) is 0.500. The van der Waals surface area contributed by atoms with Crippen LogP contribution < -0.4 is 10.6 Å². The lowest BCUT2D eigenvalue weighted by atomic mass is 9.49. The van der Waals surface area contributed by atoms with E-state index in [-0.39, 0.29) is 35.6 Å². The average molecular weight is 635 g/mol. The third kappa shape index (κ3) is 6.01. The average Bonchev–Trinajstić information content (AvgIpc) is 2.99. The Morgan fingerprint density at radius 1 is 1.02 bits per heavy atom. The van der Waals surface area contributed by atoms with Gasteiger partial charge in [0.25, 0.3) is 0 Å². The van der Waals surface area contributed by atoms with E-state index in [1.807, 2.05) is 42.5 Å². The maximum absolute atomic E-state index is 14.3. The highest BCUT2D eigenvalue weighted by molar-refractivity contribution is 7.80. The molecule has 1 amide bonds. The highest BCUT2D eigenvalue weighted by atomic mass is 32.1. The van der Waals surface area contributed by atoms with Gasteiger partial charge in [0.2, 0.25) is 5.91 Å². The van der Waals surface area contributed by atoms with E-state index >= 15 is 0 Å². The fourth-order valence-corrected chi connectivity index (χ4v) is 10.2. The molecule has 236 valence electrons. The summed E-state index contributed by atoms with van der Waals surface area (Å²) in [6.07, 6.45) is 4.75. The first-order chi connectivity index (χ1) is 21.0. The summed E-state index contributed by atoms with van der Waals surface area (Å²) < 4.78 is 25.9. The summed E-state index contributed by atoms with van der Waals surface area (Å²) in [6, 6.07) is 20.7. The molecule has 4 atom stereocenters. The molecule has 0 aliphatic heterocycles. The molecule has 0 bridgehead atoms. The van der Waals surface area contributed by atoms with Crippen molar-refractivity contribution in [1.29, 1.82) is 0 Å². The standard InChI is InChI=1S/C36H47N2O4PS/c1-7-41-43(40,42-8-2)32(29-16-11-14-25-13-9-10-15-28(25)29)37-34(44)38-33(39)36(6)22-12-21-35(5)30-19-17-26(24(3)4)23-27(30)18-20-31(35)36/h9-11,13-17,19,23-24,31-32H,7-8,12,18,20-22H2,1-6H3,(H2,37,38,39,44)/t31-,32?,35-,36-/m1/s1. The number of fused-ring (bicyclic) bond motifs is 4. The van der Waals surface area contributed by atoms with Crippen molar-refractivity contribution < 1.29 is 18.4 Å². The van der Waals surface area contributed by atoms with Gasteiger partial charge in [-0.1, -0.05) is 94.8 Å². The first-order valence-electron chi connectivity index (χ1n) is 16.1. The first-order valence-corrected chi connectivity index (χ1v) is 18.1. The maximum atomic E-state index is 14.3. The summed E-state index contributed by atoms with van der Waals surface area (Å²) in [6.45, 7) is 12.9. The zero-order chi connectivity index (χ0) is 31.7. The van der Waals surface area contributed by atoms with Gasteiger partial charge in [0.15, 0.2) is 10.9 Å². The Hall–Kier alpha value is -2.57. The van der Waals surface area contributed by atoms with Gasteiger partial charge >= 0.3 is 7.60 Å². The smallest absolute Gasteiger partial charge is 0.345 e. The molecule has 44 heavy (non-hydrogen) atoms. The number of thiocarbonyl (C=S) groups is 1. The molecule has 3 aromatic rings. The van der Waals surface area contributed by atoms with Gasteiger partial charge in [0.1, 0.15) is 0 Å². The molecule has 2 aliphatic carbocycles. The molecule has 2 N–H and O–H groups in total. The van der Waals surface area contributed by atoms with Crippen LogP contribution in [0, 0.1) is 11.3 Å². The Kier molecular flexibility index (Phi) is 9.72. The van der Waals surface area contributed by atoms with Gasteiger partial charge in [0, 0.05) is 0 Å². The van der Waals surface area contributed by atoms with Crippen LogP contribution in [0.2, 0.25) is 0 Å². The molecular formula is C36H47N2O4PS. The predicted octanol–water partition coefficient (Wildman–Crippen LogP) is 8.93. The van der Waals surface area contributed by atoms with E-state index in [1.165, 1.54) is 16.7 Å². The second-order valence-electron chi connectivity index (χ2n) is 13.1. The summed E-state index contributed by atoms with van der Waals surface area (Å²) >= 11 is 5.79. The molecule has 0 spiro atoms. The van der Waals surface area contributed by atoms with E-state index in [0.717, 1.165) is 48.4 Å². The zero-order valence-electron chi connectivity index (χ0n) is 26.9. The minimum absolute atomic E-state index is 0.0897. The second kappa shape index (κ2) is 13.0. The zero-order valence-corrected chi connectivity index (χ0v) is 28.7. The second-order valence-corrected chi connectivity index (χ2v) is 15.6. The van der Waals surface area contributed by atoms with E-state index in [1.54, 1.807) is 13.8 Å². The van der Waals surface area contributed by atoms with Crippen molar-refractivity contribution in [3.63, 3.8) is 0 Å². The van der Waals surface area contributed by atoms with Gasteiger partial charge in [0.05, 0.1) is 18.6 Å². The van der Waals surface area contributed by atoms with Crippen molar-refractivity contribution in [1.82, 2.24) is 10.6 Å². The van der Waals surface area contributed by atoms with Crippen LogP contribution in [0.15, 0.2) is 60.7 Å². The van der Waals surface area contributed by atoms with Crippen LogP contribution in [-0.4, -0.2) is 24.2 Å². The number of aryl methyl sites for hydroxylation is 1. The van der Waals surface area contributed by atoms with Gasteiger partial charge in [-0.15, -0.1) is 0 Å². The topological polar surface area (TPSA) is 76.7 Å². The minimum atomic E-state index is -3.73. The number of hydrogen-bond donors (Lipinski definition) is 2. The minimum Gasteiger partial charge on any atom is -0.345 e. The van der Waals surface area contributed by atoms with Crippen LogP contribution >= 0.6 is 19.8 Å². The molecule has 1 unspecified atom stereocenters. The van der Waals surface area contributed by atoms with Crippen molar-refractivity contribution in [2.24, 2.45) is 11.3 Å². The first kappa shape index (κ1) is 32.8. The Balaban J connectivity index is 1.43. The molecule has 0 heterocycles. The van der Waals surface area contributed by atoms with Gasteiger partial charge in [-0.25, -0.2) is 0 Å². The highest BCUT2D eigenvalue weighted by Gasteiger charge is 2.55. The summed E-state index contributed by atoms with van der Waals surface area (Å²) in [5, 5.41) is 8.30. The number of nitrogens with one attached hydrogen (secondary N) is 2. The SMILES string of the molecule is CCOP(=O)(OCC)C(NC(=S)NC(=O)[C@]1(C)CCC[C@]2(C)c3ccc(C(C)C)cc3CC[C@@H]12)c1cccc2ccccc12. The van der Waals surface area contributed by atoms with Crippen molar-refractivity contribution >= 4 is 41.6 Å². The van der Waals surface area contributed by atoms with E-state index in [0.29, 0.717) is 5.92 Å². The van der Waals surface area contributed by atoms with Crippen molar-refractivity contribution in [3.05, 3.63) is 82.9 Å². The molecule has 5 rings (SSSR count). The highest BCUT2D eigenvalue weighted by Crippen LogP contribution is 2.61. The van der Waals surface area contributed by atoms with Crippen LogP contribution in [0.1, 0.15) is 101 Å². The van der Waals surface area contributed by atoms with Crippen LogP contribution in [0.3, 0.4) is 0 Å². The van der Waals surface area contributed by atoms with Gasteiger partial charge in [-0.2, -0.15) is 0 Å². The van der Waals surface area contributed by atoms with E-state index in [9.17, 15) is 9.36 Å². The number of hydrogen-bond acceptors (Lipinski definition) is 5. The molecule has 0 radical (unpaired) electrons. The Morgan fingerprint density at radius 3 is 2.43 bits per heavy atom. The quantitative estimate of drug-likeness (QED) is 0.181. The number of benzene rings is 3. The van der Waals surface area contributed by atoms with Crippen molar-refractivity contribution in [2.45, 2.75) is 90.8 Å². The monoisotopic (exact) mass is 634 g/mol. The molecule has 8 heteroatoms. The van der Waals surface area contributed by atoms with Crippen LogP contribution in [0.25, 0.3) is 10.8 Å². The lowest BCUT2D eigenvalue weighted by molar-refractivity contribution is -0.137.